The summed E-state index contributed by atoms with van der Waals surface area (Å²) >= 11 is 0. The number of nitrogens with zero attached hydrogens (tertiary/aromatic N) is 3. The lowest BCUT2D eigenvalue weighted by atomic mass is 9.33. The van der Waals surface area contributed by atoms with Crippen molar-refractivity contribution >= 4 is 96.2 Å². The molecule has 4 nitrogen and oxygen atoms in total. The summed E-state index contributed by atoms with van der Waals surface area (Å²) in [6, 6.07) is 65.8. The maximum absolute atomic E-state index is 7.06. The quantitative estimate of drug-likeness (QED) is 0.160. The lowest BCUT2D eigenvalue weighted by Crippen LogP contribution is -2.61. The van der Waals surface area contributed by atoms with Crippen molar-refractivity contribution in [3.05, 3.63) is 225 Å². The highest BCUT2D eigenvalue weighted by atomic mass is 16.3. The molecule has 0 amide bonds. The molecule has 0 saturated carbocycles. The molecule has 0 N–H and O–H groups in total. The third kappa shape index (κ3) is 7.63. The van der Waals surface area contributed by atoms with Crippen LogP contribution in [0.5, 0.6) is 0 Å². The maximum atomic E-state index is 7.06. The highest BCUT2D eigenvalue weighted by molar-refractivity contribution is 7.00. The van der Waals surface area contributed by atoms with Gasteiger partial charge >= 0.3 is 0 Å². The Morgan fingerprint density at radius 2 is 0.927 bits per heavy atom. The zero-order chi connectivity index (χ0) is 57.5. The molecule has 5 heteroatoms. The van der Waals surface area contributed by atoms with Crippen molar-refractivity contribution in [2.45, 2.75) is 150 Å². The van der Waals surface area contributed by atoms with Crippen molar-refractivity contribution in [1.29, 1.82) is 0 Å². The second-order valence-corrected chi connectivity index (χ2v) is 29.1. The molecule has 10 aromatic rings. The van der Waals surface area contributed by atoms with Gasteiger partial charge in [0.25, 0.3) is 6.71 Å². The number of para-hydroxylation sites is 2. The van der Waals surface area contributed by atoms with Gasteiger partial charge in [-0.3, -0.25) is 0 Å². The SMILES string of the molecule is Cc1cc2c3c(c1)N(c1cccc4c1oc1ccccc14)c1cc4c(cc1B3c1cc(N(c3ccc(C(C)(C)C)cc3)c3ccc(C(C)(C)C)cc3)ccc1N2c1cc2c(cc1C)C(C)(C)c1ccccc1C2(C)C)C(C)(C)CC4(C)C. The zero-order valence-electron chi connectivity index (χ0n) is 51.2. The van der Waals surface area contributed by atoms with E-state index in [4.69, 9.17) is 4.42 Å². The predicted octanol–water partition coefficient (Wildman–Crippen LogP) is 19.3. The fourth-order valence-corrected chi connectivity index (χ4v) is 15.7. The van der Waals surface area contributed by atoms with Crippen LogP contribution in [0.1, 0.15) is 159 Å². The average Bonchev–Trinajstić information content (AvgIpc) is 1.18. The monoisotopic (exact) mass is 1070 g/mol. The lowest BCUT2D eigenvalue weighted by molar-refractivity contribution is 0.403. The van der Waals surface area contributed by atoms with Crippen LogP contribution in [0.4, 0.5) is 51.2 Å². The van der Waals surface area contributed by atoms with Crippen molar-refractivity contribution in [3.8, 4) is 0 Å². The van der Waals surface area contributed by atoms with Crippen molar-refractivity contribution in [1.82, 2.24) is 0 Å². The van der Waals surface area contributed by atoms with E-state index in [-0.39, 0.29) is 39.2 Å². The van der Waals surface area contributed by atoms with Crippen LogP contribution in [0, 0.1) is 13.8 Å². The van der Waals surface area contributed by atoms with Crippen LogP contribution < -0.4 is 31.1 Å². The molecule has 3 heterocycles. The summed E-state index contributed by atoms with van der Waals surface area (Å²) in [4.78, 5) is 7.75. The van der Waals surface area contributed by atoms with E-state index >= 15 is 0 Å². The summed E-state index contributed by atoms with van der Waals surface area (Å²) in [6.45, 7) is 37.9. The lowest BCUT2D eigenvalue weighted by Gasteiger charge is -2.47. The number of furan rings is 1. The number of aryl methyl sites for hydroxylation is 2. The number of rotatable bonds is 5. The van der Waals surface area contributed by atoms with E-state index in [2.05, 4.69) is 295 Å². The topological polar surface area (TPSA) is 22.9 Å². The average molecular weight is 1070 g/mol. The van der Waals surface area contributed by atoms with Gasteiger partial charge in [0.2, 0.25) is 0 Å². The summed E-state index contributed by atoms with van der Waals surface area (Å²) in [5, 5.41) is 2.26. The smallest absolute Gasteiger partial charge is 0.252 e. The van der Waals surface area contributed by atoms with Gasteiger partial charge in [-0.05, 0) is 193 Å². The van der Waals surface area contributed by atoms with Crippen LogP contribution in [-0.2, 0) is 32.5 Å². The molecule has 0 fully saturated rings. The molecule has 1 aromatic heterocycles. The Balaban J connectivity index is 1.09. The van der Waals surface area contributed by atoms with E-state index in [1.165, 1.54) is 100 Å². The minimum absolute atomic E-state index is 0.0156. The minimum atomic E-state index is -0.242. The molecule has 0 radical (unpaired) electrons. The normalized spacial score (nSPS) is 16.8. The summed E-state index contributed by atoms with van der Waals surface area (Å²) in [5.74, 6) is 0. The van der Waals surface area contributed by atoms with Crippen LogP contribution in [0.2, 0.25) is 0 Å². The van der Waals surface area contributed by atoms with Gasteiger partial charge in [-0.2, -0.15) is 0 Å². The van der Waals surface area contributed by atoms with E-state index in [9.17, 15) is 0 Å². The van der Waals surface area contributed by atoms with Gasteiger partial charge in [0.05, 0.1) is 5.69 Å². The molecule has 2 aliphatic carbocycles. The van der Waals surface area contributed by atoms with E-state index in [1.54, 1.807) is 0 Å². The summed E-state index contributed by atoms with van der Waals surface area (Å²) in [5.41, 5.74) is 29.3. The van der Waals surface area contributed by atoms with Gasteiger partial charge < -0.3 is 19.1 Å². The molecule has 82 heavy (non-hydrogen) atoms. The third-order valence-electron chi connectivity index (χ3n) is 19.7. The predicted molar refractivity (Wildman–Crippen MR) is 351 cm³/mol. The Morgan fingerprint density at radius 1 is 0.427 bits per heavy atom. The molecule has 0 spiro atoms. The number of anilines is 9. The highest BCUT2D eigenvalue weighted by Gasteiger charge is 2.50. The number of hydrogen-bond donors (Lipinski definition) is 0. The maximum Gasteiger partial charge on any atom is 0.252 e. The first-order chi connectivity index (χ1) is 38.7. The van der Waals surface area contributed by atoms with Crippen molar-refractivity contribution in [3.63, 3.8) is 0 Å². The Hall–Kier alpha value is -7.76. The van der Waals surface area contributed by atoms with Crippen LogP contribution in [0.15, 0.2) is 174 Å². The molecule has 0 atom stereocenters. The zero-order valence-corrected chi connectivity index (χ0v) is 51.2. The van der Waals surface area contributed by atoms with E-state index in [0.29, 0.717) is 0 Å². The van der Waals surface area contributed by atoms with E-state index in [1.807, 2.05) is 0 Å². The van der Waals surface area contributed by atoms with Gasteiger partial charge in [-0.25, -0.2) is 0 Å². The van der Waals surface area contributed by atoms with Crippen LogP contribution >= 0.6 is 0 Å². The summed E-state index contributed by atoms with van der Waals surface area (Å²) in [7, 11) is 0. The summed E-state index contributed by atoms with van der Waals surface area (Å²) in [6.07, 6.45) is 1.07. The Bertz CT molecular complexity index is 4250. The van der Waals surface area contributed by atoms with Crippen molar-refractivity contribution in [2.75, 3.05) is 14.7 Å². The van der Waals surface area contributed by atoms with Gasteiger partial charge in [-0.1, -0.05) is 188 Å². The number of benzene rings is 9. The molecule has 0 bridgehead atoms. The molecule has 14 rings (SSSR count). The first-order valence-electron chi connectivity index (χ1n) is 30.0. The third-order valence-corrected chi connectivity index (χ3v) is 19.7. The Kier molecular flexibility index (Phi) is 11.1. The largest absolute Gasteiger partial charge is 0.454 e. The highest BCUT2D eigenvalue weighted by Crippen LogP contribution is 2.56. The number of fused-ring (bicyclic) bond motifs is 10. The van der Waals surface area contributed by atoms with Crippen molar-refractivity contribution < 1.29 is 4.42 Å². The van der Waals surface area contributed by atoms with Gasteiger partial charge in [0, 0.05) is 67.1 Å². The molecule has 0 saturated heterocycles. The first-order valence-corrected chi connectivity index (χ1v) is 30.0. The van der Waals surface area contributed by atoms with Gasteiger partial charge in [-0.15, -0.1) is 0 Å². The van der Waals surface area contributed by atoms with Crippen molar-refractivity contribution in [2.24, 2.45) is 0 Å². The molecule has 9 aromatic carbocycles. The fourth-order valence-electron chi connectivity index (χ4n) is 15.7. The minimum Gasteiger partial charge on any atom is -0.454 e. The van der Waals surface area contributed by atoms with Crippen LogP contribution in [-0.4, -0.2) is 6.71 Å². The second kappa shape index (κ2) is 17.4. The van der Waals surface area contributed by atoms with Gasteiger partial charge in [0.1, 0.15) is 5.58 Å². The Labute approximate surface area is 487 Å². The fraction of sp³-hybridized carbons (Fsp3) is 0.299. The molecule has 2 aliphatic heterocycles. The first kappa shape index (κ1) is 52.3. The number of hydrogen-bond acceptors (Lipinski definition) is 4. The van der Waals surface area contributed by atoms with Gasteiger partial charge in [0.15, 0.2) is 5.58 Å². The molecular formula is C77H78BN3O. The van der Waals surface area contributed by atoms with E-state index < -0.39 is 0 Å². The van der Waals surface area contributed by atoms with E-state index in [0.717, 1.165) is 51.1 Å². The standard InChI is InChI=1S/C77H78BN3O/c1-46-38-67-70-68(39-46)81(64-26-21-23-54-53-22-17-20-27-69(53)82-71(54)64)66-43-58-57(74(9,10)45-75(58,11)12)42-62(66)78(70)61-41-52(79(50-32-28-48(29-33-50)72(3,4)5)51-34-30-49(31-35-51)73(6,7)8)36-37-63(61)80(67)65-44-60-59(40-47(65)2)76(13,14)55-24-18-19-25-56(55)77(60,15)16/h17-44H,45H2,1-16H3. The second-order valence-electron chi connectivity index (χ2n) is 29.1. The molecular weight excluding hydrogens is 994 g/mol. The Morgan fingerprint density at radius 3 is 1.52 bits per heavy atom. The molecule has 0 unspecified atom stereocenters. The summed E-state index contributed by atoms with van der Waals surface area (Å²) < 4.78 is 7.06. The molecule has 410 valence electrons. The van der Waals surface area contributed by atoms with Crippen LogP contribution in [0.3, 0.4) is 0 Å². The van der Waals surface area contributed by atoms with Crippen LogP contribution in [0.25, 0.3) is 21.9 Å². The molecule has 4 aliphatic rings.